The van der Waals surface area contributed by atoms with Crippen molar-refractivity contribution in [1.82, 2.24) is 10.2 Å². The Hall–Kier alpha value is -1.79. The Bertz CT molecular complexity index is 358. The van der Waals surface area contributed by atoms with Gasteiger partial charge in [-0.2, -0.15) is 0 Å². The van der Waals surface area contributed by atoms with Crippen molar-refractivity contribution < 1.29 is 19.5 Å². The summed E-state index contributed by atoms with van der Waals surface area (Å²) >= 11 is 0. The van der Waals surface area contributed by atoms with Gasteiger partial charge in [0.05, 0.1) is 6.42 Å². The number of nitrogens with zero attached hydrogens (tertiary/aromatic N) is 1. The molecule has 1 saturated heterocycles. The second-order valence-electron chi connectivity index (χ2n) is 4.85. The molecule has 18 heavy (non-hydrogen) atoms. The Labute approximate surface area is 105 Å². The molecule has 1 aliphatic rings. The van der Waals surface area contributed by atoms with Crippen molar-refractivity contribution in [2.24, 2.45) is 11.7 Å². The Morgan fingerprint density at radius 2 is 2.06 bits per heavy atom. The summed E-state index contributed by atoms with van der Waals surface area (Å²) in [6, 6.07) is -1.65. The van der Waals surface area contributed by atoms with Crippen LogP contribution in [0.3, 0.4) is 0 Å². The zero-order chi connectivity index (χ0) is 13.9. The van der Waals surface area contributed by atoms with Crippen molar-refractivity contribution in [3.8, 4) is 0 Å². The van der Waals surface area contributed by atoms with Crippen LogP contribution in [0.5, 0.6) is 0 Å². The van der Waals surface area contributed by atoms with Crippen molar-refractivity contribution in [2.75, 3.05) is 6.54 Å². The minimum absolute atomic E-state index is 0.0722. The summed E-state index contributed by atoms with van der Waals surface area (Å²) < 4.78 is 0. The topological polar surface area (TPSA) is 113 Å². The minimum atomic E-state index is -1.27. The van der Waals surface area contributed by atoms with E-state index in [9.17, 15) is 14.4 Å². The van der Waals surface area contributed by atoms with Gasteiger partial charge >= 0.3 is 12.0 Å². The van der Waals surface area contributed by atoms with Gasteiger partial charge < -0.3 is 21.1 Å². The molecule has 1 rings (SSSR count). The average Bonchev–Trinajstić information content (AvgIpc) is 2.56. The van der Waals surface area contributed by atoms with Crippen molar-refractivity contribution in [3.05, 3.63) is 0 Å². The number of rotatable bonds is 4. The summed E-state index contributed by atoms with van der Waals surface area (Å²) in [5.74, 6) is -1.63. The first-order chi connectivity index (χ1) is 8.31. The second-order valence-corrected chi connectivity index (χ2v) is 4.85. The molecule has 4 N–H and O–H groups in total. The van der Waals surface area contributed by atoms with E-state index in [1.54, 1.807) is 4.90 Å². The molecule has 0 aromatic heterocycles. The molecule has 0 aliphatic carbocycles. The molecule has 102 valence electrons. The highest BCUT2D eigenvalue weighted by molar-refractivity contribution is 5.87. The molecule has 3 unspecified atom stereocenters. The molecule has 7 nitrogen and oxygen atoms in total. The fourth-order valence-corrected chi connectivity index (χ4v) is 2.22. The highest BCUT2D eigenvalue weighted by Gasteiger charge is 2.32. The molecule has 0 aromatic rings. The Morgan fingerprint density at radius 3 is 2.44 bits per heavy atom. The lowest BCUT2D eigenvalue weighted by Crippen LogP contribution is -2.50. The third-order valence-electron chi connectivity index (χ3n) is 3.05. The third kappa shape index (κ3) is 3.61. The van der Waals surface area contributed by atoms with Gasteiger partial charge in [-0.3, -0.25) is 4.79 Å². The van der Waals surface area contributed by atoms with Crippen molar-refractivity contribution in [2.45, 2.75) is 38.8 Å². The molecule has 3 atom stereocenters. The summed E-state index contributed by atoms with van der Waals surface area (Å²) in [6.45, 7) is 4.53. The van der Waals surface area contributed by atoms with Crippen LogP contribution in [0.2, 0.25) is 0 Å². The second kappa shape index (κ2) is 5.70. The number of nitrogens with one attached hydrogen (secondary N) is 1. The van der Waals surface area contributed by atoms with Crippen LogP contribution in [-0.2, 0) is 9.59 Å². The predicted octanol–water partition coefficient (Wildman–Crippen LogP) is -0.245. The quantitative estimate of drug-likeness (QED) is 0.644. The van der Waals surface area contributed by atoms with E-state index in [4.69, 9.17) is 10.8 Å². The van der Waals surface area contributed by atoms with Crippen LogP contribution in [0.25, 0.3) is 0 Å². The van der Waals surface area contributed by atoms with E-state index in [0.717, 1.165) is 6.42 Å². The molecule has 0 spiro atoms. The average molecular weight is 257 g/mol. The molecule has 1 heterocycles. The fraction of sp³-hybridized carbons (Fsp3) is 0.727. The number of aliphatic carboxylic acids is 1. The molecule has 0 bridgehead atoms. The molecular weight excluding hydrogens is 238 g/mol. The van der Waals surface area contributed by atoms with Gasteiger partial charge in [-0.05, 0) is 19.3 Å². The largest absolute Gasteiger partial charge is 0.480 e. The van der Waals surface area contributed by atoms with E-state index in [1.165, 1.54) is 0 Å². The number of carbonyl (C=O) groups is 3. The van der Waals surface area contributed by atoms with Gasteiger partial charge in [-0.1, -0.05) is 6.92 Å². The number of primary amides is 1. The van der Waals surface area contributed by atoms with Gasteiger partial charge in [0, 0.05) is 12.6 Å². The standard InChI is InChI=1S/C11H19N3O4/c1-6-3-7(2)14(5-6)11(18)13-8(10(16)17)4-9(12)15/h6-8H,3-5H2,1-2H3,(H2,12,15)(H,13,18)(H,16,17). The van der Waals surface area contributed by atoms with Gasteiger partial charge in [0.25, 0.3) is 0 Å². The number of carboxylic acid groups (broad SMARTS) is 1. The van der Waals surface area contributed by atoms with Crippen LogP contribution < -0.4 is 11.1 Å². The van der Waals surface area contributed by atoms with E-state index >= 15 is 0 Å². The summed E-state index contributed by atoms with van der Waals surface area (Å²) in [4.78, 5) is 35.1. The molecule has 1 fully saturated rings. The van der Waals surface area contributed by atoms with E-state index < -0.39 is 30.4 Å². The maximum absolute atomic E-state index is 11.9. The van der Waals surface area contributed by atoms with Gasteiger partial charge in [0.2, 0.25) is 5.91 Å². The summed E-state index contributed by atoms with van der Waals surface area (Å²) in [5, 5.41) is 11.2. The fourth-order valence-electron chi connectivity index (χ4n) is 2.22. The third-order valence-corrected chi connectivity index (χ3v) is 3.05. The van der Waals surface area contributed by atoms with Crippen LogP contribution in [0, 0.1) is 5.92 Å². The number of urea groups is 1. The van der Waals surface area contributed by atoms with E-state index in [2.05, 4.69) is 5.32 Å². The highest BCUT2D eigenvalue weighted by atomic mass is 16.4. The number of hydrogen-bond acceptors (Lipinski definition) is 3. The van der Waals surface area contributed by atoms with Gasteiger partial charge in [-0.25, -0.2) is 9.59 Å². The first kappa shape index (κ1) is 14.3. The van der Waals surface area contributed by atoms with E-state index in [-0.39, 0.29) is 6.04 Å². The van der Waals surface area contributed by atoms with E-state index in [0.29, 0.717) is 12.5 Å². The number of likely N-dealkylation sites (tertiary alicyclic amines) is 1. The molecule has 0 saturated carbocycles. The van der Waals surface area contributed by atoms with Crippen LogP contribution in [0.4, 0.5) is 4.79 Å². The number of hydrogen-bond donors (Lipinski definition) is 3. The molecule has 7 heteroatoms. The highest BCUT2D eigenvalue weighted by Crippen LogP contribution is 2.22. The SMILES string of the molecule is CC1CC(C)N(C(=O)NC(CC(N)=O)C(=O)O)C1. The maximum Gasteiger partial charge on any atom is 0.326 e. The predicted molar refractivity (Wildman–Crippen MR) is 63.7 cm³/mol. The lowest BCUT2D eigenvalue weighted by Gasteiger charge is -2.24. The maximum atomic E-state index is 11.9. The first-order valence-corrected chi connectivity index (χ1v) is 5.89. The lowest BCUT2D eigenvalue weighted by molar-refractivity contribution is -0.141. The summed E-state index contributed by atoms with van der Waals surface area (Å²) in [5.41, 5.74) is 4.94. The number of nitrogens with two attached hydrogens (primary N) is 1. The molecular formula is C11H19N3O4. The normalized spacial score (nSPS) is 24.7. The molecule has 0 radical (unpaired) electrons. The monoisotopic (exact) mass is 257 g/mol. The van der Waals surface area contributed by atoms with Crippen molar-refractivity contribution >= 4 is 17.9 Å². The van der Waals surface area contributed by atoms with Gasteiger partial charge in [-0.15, -0.1) is 0 Å². The van der Waals surface area contributed by atoms with Crippen LogP contribution >= 0.6 is 0 Å². The Morgan fingerprint density at radius 1 is 1.44 bits per heavy atom. The lowest BCUT2D eigenvalue weighted by atomic mass is 10.1. The number of amides is 3. The van der Waals surface area contributed by atoms with Crippen LogP contribution in [0.15, 0.2) is 0 Å². The zero-order valence-electron chi connectivity index (χ0n) is 10.5. The Balaban J connectivity index is 2.61. The molecule has 1 aliphatic heterocycles. The Kier molecular flexibility index (Phi) is 4.52. The molecule has 3 amide bonds. The van der Waals surface area contributed by atoms with E-state index in [1.807, 2.05) is 13.8 Å². The van der Waals surface area contributed by atoms with Gasteiger partial charge in [0.15, 0.2) is 0 Å². The summed E-state index contributed by atoms with van der Waals surface area (Å²) in [6.07, 6.45) is 0.486. The molecule has 0 aromatic carbocycles. The van der Waals surface area contributed by atoms with Gasteiger partial charge in [0.1, 0.15) is 6.04 Å². The summed E-state index contributed by atoms with van der Waals surface area (Å²) in [7, 11) is 0. The van der Waals surface area contributed by atoms with Crippen molar-refractivity contribution in [1.29, 1.82) is 0 Å². The smallest absolute Gasteiger partial charge is 0.326 e. The minimum Gasteiger partial charge on any atom is -0.480 e. The van der Waals surface area contributed by atoms with Crippen molar-refractivity contribution in [3.63, 3.8) is 0 Å². The zero-order valence-corrected chi connectivity index (χ0v) is 10.5. The first-order valence-electron chi connectivity index (χ1n) is 5.89. The van der Waals surface area contributed by atoms with Crippen LogP contribution in [-0.4, -0.2) is 46.5 Å². The number of carbonyl (C=O) groups excluding carboxylic acids is 2. The van der Waals surface area contributed by atoms with Crippen LogP contribution in [0.1, 0.15) is 26.7 Å². The number of carboxylic acids is 1.